The number of aliphatic hydroxyl groups is 1. The number of halogens is 1. The van der Waals surface area contributed by atoms with Crippen molar-refractivity contribution in [1.29, 1.82) is 0 Å². The van der Waals surface area contributed by atoms with Gasteiger partial charge in [-0.3, -0.25) is 4.79 Å². The lowest BCUT2D eigenvalue weighted by molar-refractivity contribution is -0.127. The summed E-state index contributed by atoms with van der Waals surface area (Å²) in [4.78, 5) is 12.3. The molecule has 1 fully saturated rings. The standard InChI is InChI=1S/C19H38N2O2.ClH/c1-4-5-11-21-19(23)16(14(2)3)13-18(22)17(20)12-15-9-7-6-8-10-15;/h14-18,22H,4-13,20H2,1-3H3,(H,21,23);1H/t16-,17+,18+;/m1./s1. The second-order valence-electron chi connectivity index (χ2n) is 7.70. The third-order valence-electron chi connectivity index (χ3n) is 5.29. The van der Waals surface area contributed by atoms with Gasteiger partial charge in [0.15, 0.2) is 0 Å². The topological polar surface area (TPSA) is 75.3 Å². The zero-order valence-corrected chi connectivity index (χ0v) is 16.6. The maximum atomic E-state index is 12.3. The van der Waals surface area contributed by atoms with Crippen LogP contribution in [0.25, 0.3) is 0 Å². The molecule has 0 unspecified atom stereocenters. The molecule has 0 aromatic rings. The minimum Gasteiger partial charge on any atom is -0.391 e. The molecule has 1 saturated carbocycles. The molecule has 0 saturated heterocycles. The second-order valence-corrected chi connectivity index (χ2v) is 7.70. The lowest BCUT2D eigenvalue weighted by Gasteiger charge is -2.29. The zero-order valence-electron chi connectivity index (χ0n) is 15.8. The number of unbranched alkanes of at least 4 members (excludes halogenated alkanes) is 1. The molecule has 4 N–H and O–H groups in total. The number of nitrogens with two attached hydrogens (primary N) is 1. The van der Waals surface area contributed by atoms with Crippen LogP contribution in [-0.2, 0) is 4.79 Å². The SMILES string of the molecule is CCCCNC(=O)[C@H](C[C@H](O)[C@@H](N)CC1CCCCC1)C(C)C.Cl. The van der Waals surface area contributed by atoms with Gasteiger partial charge in [0.2, 0.25) is 5.91 Å². The van der Waals surface area contributed by atoms with E-state index in [0.717, 1.165) is 25.8 Å². The molecule has 0 spiro atoms. The van der Waals surface area contributed by atoms with Gasteiger partial charge in [-0.2, -0.15) is 0 Å². The van der Waals surface area contributed by atoms with Crippen molar-refractivity contribution in [2.24, 2.45) is 23.5 Å². The molecular weight excluding hydrogens is 324 g/mol. The van der Waals surface area contributed by atoms with E-state index in [2.05, 4.69) is 12.2 Å². The average molecular weight is 363 g/mol. The Kier molecular flexibility index (Phi) is 12.8. The number of rotatable bonds is 10. The van der Waals surface area contributed by atoms with E-state index in [-0.39, 0.29) is 36.2 Å². The first-order valence-electron chi connectivity index (χ1n) is 9.67. The van der Waals surface area contributed by atoms with Gasteiger partial charge in [-0.15, -0.1) is 12.4 Å². The Morgan fingerprint density at radius 3 is 2.42 bits per heavy atom. The summed E-state index contributed by atoms with van der Waals surface area (Å²) in [5.41, 5.74) is 6.24. The van der Waals surface area contributed by atoms with Crippen LogP contribution < -0.4 is 11.1 Å². The highest BCUT2D eigenvalue weighted by molar-refractivity contribution is 5.85. The first kappa shape index (κ1) is 23.7. The third-order valence-corrected chi connectivity index (χ3v) is 5.29. The van der Waals surface area contributed by atoms with Crippen LogP contribution in [-0.4, -0.2) is 29.7 Å². The molecule has 1 aliphatic rings. The maximum absolute atomic E-state index is 12.3. The van der Waals surface area contributed by atoms with E-state index in [1.807, 2.05) is 13.8 Å². The molecular formula is C19H39ClN2O2. The van der Waals surface area contributed by atoms with Crippen LogP contribution in [0.3, 0.4) is 0 Å². The molecule has 0 radical (unpaired) electrons. The van der Waals surface area contributed by atoms with Crippen LogP contribution in [0.15, 0.2) is 0 Å². The smallest absolute Gasteiger partial charge is 0.223 e. The van der Waals surface area contributed by atoms with E-state index in [1.54, 1.807) is 0 Å². The predicted molar refractivity (Wildman–Crippen MR) is 103 cm³/mol. The summed E-state index contributed by atoms with van der Waals surface area (Å²) in [6.45, 7) is 6.93. The first-order chi connectivity index (χ1) is 11.0. The van der Waals surface area contributed by atoms with Gasteiger partial charge in [-0.1, -0.05) is 59.3 Å². The number of hydrogen-bond donors (Lipinski definition) is 3. The quantitative estimate of drug-likeness (QED) is 0.519. The van der Waals surface area contributed by atoms with Gasteiger partial charge in [0.25, 0.3) is 0 Å². The third kappa shape index (κ3) is 8.68. The van der Waals surface area contributed by atoms with Gasteiger partial charge in [-0.25, -0.2) is 0 Å². The van der Waals surface area contributed by atoms with Crippen molar-refractivity contribution in [2.75, 3.05) is 6.54 Å². The number of aliphatic hydroxyl groups excluding tert-OH is 1. The lowest BCUT2D eigenvalue weighted by Crippen LogP contribution is -2.42. The lowest BCUT2D eigenvalue weighted by atomic mass is 9.81. The summed E-state index contributed by atoms with van der Waals surface area (Å²) >= 11 is 0. The highest BCUT2D eigenvalue weighted by Gasteiger charge is 2.29. The predicted octanol–water partition coefficient (Wildman–Crippen LogP) is 3.65. The second kappa shape index (κ2) is 13.0. The van der Waals surface area contributed by atoms with Gasteiger partial charge >= 0.3 is 0 Å². The fraction of sp³-hybridized carbons (Fsp3) is 0.947. The molecule has 3 atom stereocenters. The Hall–Kier alpha value is -0.320. The van der Waals surface area contributed by atoms with Crippen LogP contribution >= 0.6 is 12.4 Å². The maximum Gasteiger partial charge on any atom is 0.223 e. The molecule has 0 bridgehead atoms. The Bertz CT molecular complexity index is 333. The van der Waals surface area contributed by atoms with Crippen LogP contribution in [0.1, 0.15) is 78.6 Å². The highest BCUT2D eigenvalue weighted by Crippen LogP contribution is 2.28. The van der Waals surface area contributed by atoms with E-state index in [4.69, 9.17) is 5.73 Å². The highest BCUT2D eigenvalue weighted by atomic mass is 35.5. The Balaban J connectivity index is 0.00000529. The molecule has 0 aromatic heterocycles. The van der Waals surface area contributed by atoms with Gasteiger partial charge in [0.1, 0.15) is 0 Å². The minimum atomic E-state index is -0.582. The summed E-state index contributed by atoms with van der Waals surface area (Å²) < 4.78 is 0. The van der Waals surface area contributed by atoms with Crippen molar-refractivity contribution in [3.63, 3.8) is 0 Å². The number of nitrogens with one attached hydrogen (secondary N) is 1. The van der Waals surface area contributed by atoms with Crippen LogP contribution in [0.4, 0.5) is 0 Å². The number of amides is 1. The number of carbonyl (C=O) groups is 1. The average Bonchev–Trinajstić information content (AvgIpc) is 2.53. The van der Waals surface area contributed by atoms with Gasteiger partial charge in [-0.05, 0) is 31.1 Å². The minimum absolute atomic E-state index is 0. The molecule has 1 amide bonds. The summed E-state index contributed by atoms with van der Waals surface area (Å²) in [7, 11) is 0. The Labute approximate surface area is 154 Å². The Morgan fingerprint density at radius 1 is 1.25 bits per heavy atom. The van der Waals surface area contributed by atoms with Crippen LogP contribution in [0.5, 0.6) is 0 Å². The van der Waals surface area contributed by atoms with Crippen LogP contribution in [0.2, 0.25) is 0 Å². The largest absolute Gasteiger partial charge is 0.391 e. The summed E-state index contributed by atoms with van der Waals surface area (Å²) in [6.07, 6.45) is 9.26. The fourth-order valence-electron chi connectivity index (χ4n) is 3.60. The van der Waals surface area contributed by atoms with Crippen molar-refractivity contribution < 1.29 is 9.90 Å². The van der Waals surface area contributed by atoms with Crippen molar-refractivity contribution >= 4 is 18.3 Å². The molecule has 144 valence electrons. The summed E-state index contributed by atoms with van der Waals surface area (Å²) in [5.74, 6) is 0.786. The van der Waals surface area contributed by atoms with E-state index in [9.17, 15) is 9.90 Å². The summed E-state index contributed by atoms with van der Waals surface area (Å²) in [6, 6.07) is -0.206. The van der Waals surface area contributed by atoms with E-state index >= 15 is 0 Å². The molecule has 1 rings (SSSR count). The first-order valence-corrected chi connectivity index (χ1v) is 9.67. The fourth-order valence-corrected chi connectivity index (χ4v) is 3.60. The van der Waals surface area contributed by atoms with E-state index in [0.29, 0.717) is 12.3 Å². The molecule has 5 heteroatoms. The van der Waals surface area contributed by atoms with E-state index < -0.39 is 6.10 Å². The number of carbonyl (C=O) groups excluding carboxylic acids is 1. The molecule has 0 heterocycles. The molecule has 1 aliphatic carbocycles. The van der Waals surface area contributed by atoms with Crippen LogP contribution in [0, 0.1) is 17.8 Å². The number of hydrogen-bond acceptors (Lipinski definition) is 3. The Morgan fingerprint density at radius 2 is 1.88 bits per heavy atom. The van der Waals surface area contributed by atoms with Crippen molar-refractivity contribution in [1.82, 2.24) is 5.32 Å². The molecule has 0 aliphatic heterocycles. The normalized spacial score (nSPS) is 19.4. The van der Waals surface area contributed by atoms with Gasteiger partial charge in [0, 0.05) is 18.5 Å². The van der Waals surface area contributed by atoms with E-state index in [1.165, 1.54) is 32.1 Å². The molecule has 0 aromatic carbocycles. The van der Waals surface area contributed by atoms with Gasteiger partial charge < -0.3 is 16.2 Å². The monoisotopic (exact) mass is 362 g/mol. The zero-order chi connectivity index (χ0) is 17.2. The van der Waals surface area contributed by atoms with Gasteiger partial charge in [0.05, 0.1) is 6.10 Å². The van der Waals surface area contributed by atoms with Crippen molar-refractivity contribution in [3.05, 3.63) is 0 Å². The molecule has 4 nitrogen and oxygen atoms in total. The van der Waals surface area contributed by atoms with Crippen molar-refractivity contribution in [2.45, 2.75) is 90.7 Å². The molecule has 24 heavy (non-hydrogen) atoms. The summed E-state index contributed by atoms with van der Waals surface area (Å²) in [5, 5.41) is 13.5. The van der Waals surface area contributed by atoms with Crippen molar-refractivity contribution in [3.8, 4) is 0 Å².